The third-order valence-electron chi connectivity index (χ3n) is 5.42. The van der Waals surface area contributed by atoms with Crippen molar-refractivity contribution in [2.24, 2.45) is 0 Å². The predicted molar refractivity (Wildman–Crippen MR) is 118 cm³/mol. The minimum Gasteiger partial charge on any atom is -0.494 e. The highest BCUT2D eigenvalue weighted by Crippen LogP contribution is 2.28. The van der Waals surface area contributed by atoms with Crippen molar-refractivity contribution in [2.75, 3.05) is 6.61 Å². The zero-order valence-corrected chi connectivity index (χ0v) is 17.7. The van der Waals surface area contributed by atoms with Gasteiger partial charge in [-0.25, -0.2) is 0 Å². The Kier molecular flexibility index (Phi) is 5.98. The average molecular weight is 415 g/mol. The van der Waals surface area contributed by atoms with Crippen LogP contribution in [0.1, 0.15) is 57.3 Å². The number of benzene rings is 2. The quantitative estimate of drug-likeness (QED) is 0.630. The number of amides is 2. The minimum atomic E-state index is -0.252. The van der Waals surface area contributed by atoms with Gasteiger partial charge in [-0.05, 0) is 60.9 Å². The monoisotopic (exact) mass is 415 g/mol. The molecule has 1 aromatic heterocycles. The maximum atomic E-state index is 13.1. The first-order valence-electron chi connectivity index (χ1n) is 10.4. The number of fused-ring (bicyclic) bond motifs is 1. The van der Waals surface area contributed by atoms with E-state index >= 15 is 0 Å². The van der Waals surface area contributed by atoms with E-state index in [1.165, 1.54) is 0 Å². The van der Waals surface area contributed by atoms with Gasteiger partial charge in [0.1, 0.15) is 5.75 Å². The first-order chi connectivity index (χ1) is 15.1. The second-order valence-electron chi connectivity index (χ2n) is 7.55. The molecule has 0 radical (unpaired) electrons. The summed E-state index contributed by atoms with van der Waals surface area (Å²) >= 11 is 0. The molecule has 3 aromatic rings. The van der Waals surface area contributed by atoms with E-state index in [1.807, 2.05) is 62.4 Å². The lowest BCUT2D eigenvalue weighted by Crippen LogP contribution is -2.29. The van der Waals surface area contributed by atoms with E-state index in [0.717, 1.165) is 22.4 Å². The van der Waals surface area contributed by atoms with Crippen LogP contribution >= 0.6 is 0 Å². The smallest absolute Gasteiger partial charge is 0.255 e. The maximum Gasteiger partial charge on any atom is 0.255 e. The third kappa shape index (κ3) is 4.43. The molecule has 6 heteroatoms. The predicted octanol–water partition coefficient (Wildman–Crippen LogP) is 4.13. The van der Waals surface area contributed by atoms with Crippen LogP contribution in [0.3, 0.4) is 0 Å². The number of nitrogens with zero attached hydrogens (tertiary/aromatic N) is 2. The van der Waals surface area contributed by atoms with Gasteiger partial charge in [0.15, 0.2) is 0 Å². The van der Waals surface area contributed by atoms with Crippen LogP contribution in [0.25, 0.3) is 0 Å². The molecule has 6 nitrogen and oxygen atoms in total. The Morgan fingerprint density at radius 1 is 1.13 bits per heavy atom. The van der Waals surface area contributed by atoms with Crippen molar-refractivity contribution in [3.63, 3.8) is 0 Å². The zero-order valence-electron chi connectivity index (χ0n) is 17.7. The molecule has 0 saturated heterocycles. The molecular weight excluding hydrogens is 390 g/mol. The highest BCUT2D eigenvalue weighted by atomic mass is 16.5. The lowest BCUT2D eigenvalue weighted by molar-refractivity contribution is 0.0761. The number of hydrogen-bond acceptors (Lipinski definition) is 4. The molecule has 1 aliphatic heterocycles. The van der Waals surface area contributed by atoms with Crippen LogP contribution < -0.4 is 10.1 Å². The van der Waals surface area contributed by atoms with Gasteiger partial charge in [-0.15, -0.1) is 0 Å². The van der Waals surface area contributed by atoms with Gasteiger partial charge in [-0.3, -0.25) is 14.6 Å². The zero-order chi connectivity index (χ0) is 21.8. The van der Waals surface area contributed by atoms with Gasteiger partial charge in [0.25, 0.3) is 11.8 Å². The molecule has 2 aromatic carbocycles. The molecule has 2 heterocycles. The van der Waals surface area contributed by atoms with E-state index in [1.54, 1.807) is 23.4 Å². The third-order valence-corrected chi connectivity index (χ3v) is 5.42. The number of carbonyl (C=O) groups is 2. The van der Waals surface area contributed by atoms with Gasteiger partial charge < -0.3 is 15.0 Å². The molecule has 31 heavy (non-hydrogen) atoms. The lowest BCUT2D eigenvalue weighted by atomic mass is 10.0. The highest BCUT2D eigenvalue weighted by Gasteiger charge is 2.32. The summed E-state index contributed by atoms with van der Waals surface area (Å²) in [6.07, 6.45) is 3.43. The summed E-state index contributed by atoms with van der Waals surface area (Å²) in [5.74, 6) is 0.425. The molecule has 1 unspecified atom stereocenters. The SMILES string of the molecule is CCOc1ccc(C(C)NC(=O)c2cccc3c2C(=O)N(Cc2ccncc2)C3)cc1. The molecule has 1 N–H and O–H groups in total. The maximum absolute atomic E-state index is 13.1. The number of aromatic nitrogens is 1. The molecule has 0 aliphatic carbocycles. The first-order valence-corrected chi connectivity index (χ1v) is 10.4. The summed E-state index contributed by atoms with van der Waals surface area (Å²) in [4.78, 5) is 31.9. The number of rotatable bonds is 7. The molecule has 1 atom stereocenters. The van der Waals surface area contributed by atoms with Crippen molar-refractivity contribution in [3.05, 3.63) is 94.8 Å². The lowest BCUT2D eigenvalue weighted by Gasteiger charge is -2.17. The normalized spacial score (nSPS) is 13.6. The van der Waals surface area contributed by atoms with E-state index < -0.39 is 0 Å². The van der Waals surface area contributed by atoms with E-state index in [-0.39, 0.29) is 17.9 Å². The Morgan fingerprint density at radius 3 is 2.58 bits per heavy atom. The number of carbonyl (C=O) groups excluding carboxylic acids is 2. The molecule has 0 bridgehead atoms. The van der Waals surface area contributed by atoms with Crippen LogP contribution in [0.5, 0.6) is 5.75 Å². The van der Waals surface area contributed by atoms with Crippen LogP contribution in [0.2, 0.25) is 0 Å². The summed E-state index contributed by atoms with van der Waals surface area (Å²) in [7, 11) is 0. The van der Waals surface area contributed by atoms with Crippen LogP contribution in [0.15, 0.2) is 67.0 Å². The second-order valence-corrected chi connectivity index (χ2v) is 7.55. The van der Waals surface area contributed by atoms with Gasteiger partial charge in [0, 0.05) is 25.5 Å². The van der Waals surface area contributed by atoms with E-state index in [9.17, 15) is 9.59 Å². The van der Waals surface area contributed by atoms with Crippen molar-refractivity contribution in [1.29, 1.82) is 0 Å². The van der Waals surface area contributed by atoms with Crippen molar-refractivity contribution in [1.82, 2.24) is 15.2 Å². The van der Waals surface area contributed by atoms with Crippen molar-refractivity contribution >= 4 is 11.8 Å². The van der Waals surface area contributed by atoms with Gasteiger partial charge in [-0.2, -0.15) is 0 Å². The topological polar surface area (TPSA) is 71.5 Å². The van der Waals surface area contributed by atoms with E-state index in [2.05, 4.69) is 10.3 Å². The molecule has 2 amide bonds. The number of nitrogens with one attached hydrogen (secondary N) is 1. The fourth-order valence-electron chi connectivity index (χ4n) is 3.82. The van der Waals surface area contributed by atoms with Gasteiger partial charge in [0.2, 0.25) is 0 Å². The highest BCUT2D eigenvalue weighted by molar-refractivity contribution is 6.09. The van der Waals surface area contributed by atoms with Gasteiger partial charge in [-0.1, -0.05) is 24.3 Å². The molecule has 0 fully saturated rings. The summed E-state index contributed by atoms with van der Waals surface area (Å²) in [6, 6.07) is 16.7. The number of pyridine rings is 1. The fourth-order valence-corrected chi connectivity index (χ4v) is 3.82. The van der Waals surface area contributed by atoms with E-state index in [4.69, 9.17) is 4.74 Å². The number of ether oxygens (including phenoxy) is 1. The average Bonchev–Trinajstić information content (AvgIpc) is 3.10. The molecule has 1 aliphatic rings. The van der Waals surface area contributed by atoms with E-state index in [0.29, 0.717) is 30.8 Å². The Hall–Kier alpha value is -3.67. The second kappa shape index (κ2) is 9.00. The number of hydrogen-bond donors (Lipinski definition) is 1. The molecular formula is C25H25N3O3. The fraction of sp³-hybridized carbons (Fsp3) is 0.240. The standard InChI is InChI=1S/C25H25N3O3/c1-3-31-21-9-7-19(8-10-21)17(2)27-24(29)22-6-4-5-20-16-28(25(30)23(20)22)15-18-11-13-26-14-12-18/h4-14,17H,3,15-16H2,1-2H3,(H,27,29). The van der Waals surface area contributed by atoms with Crippen molar-refractivity contribution < 1.29 is 14.3 Å². The summed E-state index contributed by atoms with van der Waals surface area (Å²) in [6.45, 7) is 5.45. The Balaban J connectivity index is 1.49. The van der Waals surface area contributed by atoms with Crippen LogP contribution in [0.4, 0.5) is 0 Å². The first kappa shape index (κ1) is 20.6. The van der Waals surface area contributed by atoms with Crippen molar-refractivity contribution in [2.45, 2.75) is 33.0 Å². The summed E-state index contributed by atoms with van der Waals surface area (Å²) in [5.41, 5.74) is 3.76. The molecule has 158 valence electrons. The molecule has 0 saturated carbocycles. The summed E-state index contributed by atoms with van der Waals surface area (Å²) in [5, 5.41) is 3.02. The summed E-state index contributed by atoms with van der Waals surface area (Å²) < 4.78 is 5.47. The Bertz CT molecular complexity index is 1080. The van der Waals surface area contributed by atoms with Crippen molar-refractivity contribution in [3.8, 4) is 5.75 Å². The largest absolute Gasteiger partial charge is 0.494 e. The van der Waals surface area contributed by atoms with Crippen LogP contribution in [-0.4, -0.2) is 28.3 Å². The van der Waals surface area contributed by atoms with Crippen LogP contribution in [0, 0.1) is 0 Å². The minimum absolute atomic E-state index is 0.119. The van der Waals surface area contributed by atoms with Gasteiger partial charge >= 0.3 is 0 Å². The Labute approximate surface area is 181 Å². The molecule has 0 spiro atoms. The van der Waals surface area contributed by atoms with Crippen LogP contribution in [-0.2, 0) is 13.1 Å². The van der Waals surface area contributed by atoms with Gasteiger partial charge in [0.05, 0.1) is 23.8 Å². The molecule has 4 rings (SSSR count). The Morgan fingerprint density at radius 2 is 1.87 bits per heavy atom.